The first-order valence-electron chi connectivity index (χ1n) is 7.41. The molecule has 0 saturated heterocycles. The number of hydrogen-bond acceptors (Lipinski definition) is 3. The van der Waals surface area contributed by atoms with Crippen LogP contribution in [0.25, 0.3) is 0 Å². The summed E-state index contributed by atoms with van der Waals surface area (Å²) in [5, 5.41) is 3.39. The molecule has 0 unspecified atom stereocenters. The predicted molar refractivity (Wildman–Crippen MR) is 83.4 cm³/mol. The fourth-order valence-corrected chi connectivity index (χ4v) is 2.95. The molecule has 0 aliphatic rings. The van der Waals surface area contributed by atoms with Crippen molar-refractivity contribution in [3.8, 4) is 0 Å². The molecule has 0 fully saturated rings. The van der Waals surface area contributed by atoms with Gasteiger partial charge in [0.05, 0.1) is 0 Å². The fraction of sp³-hybridized carbons (Fsp3) is 1.00. The van der Waals surface area contributed by atoms with Gasteiger partial charge < -0.3 is 14.2 Å². The van der Waals surface area contributed by atoms with Crippen molar-refractivity contribution in [2.45, 2.75) is 65.5 Å². The first kappa shape index (κ1) is 20.4. The van der Waals surface area contributed by atoms with Gasteiger partial charge in [0, 0.05) is 14.2 Å². The van der Waals surface area contributed by atoms with Crippen LogP contribution in [0, 0.1) is 0 Å². The van der Waals surface area contributed by atoms with Crippen LogP contribution in [-0.4, -0.2) is 35.9 Å². The van der Waals surface area contributed by atoms with E-state index >= 15 is 0 Å². The van der Waals surface area contributed by atoms with Gasteiger partial charge in [0.1, 0.15) is 0 Å². The zero-order chi connectivity index (χ0) is 14.3. The number of rotatable bonds is 10. The molecule has 0 rings (SSSR count). The third-order valence-corrected chi connectivity index (χ3v) is 6.12. The van der Waals surface area contributed by atoms with Crippen LogP contribution in [0.1, 0.15) is 52.9 Å². The number of unbranched alkanes of at least 4 members (excludes halogenated alkanes) is 2. The smallest absolute Gasteiger partial charge is 0.334 e. The van der Waals surface area contributed by atoms with E-state index in [4.69, 9.17) is 8.85 Å². The summed E-state index contributed by atoms with van der Waals surface area (Å²) in [5.74, 6) is 0. The fourth-order valence-electron chi connectivity index (χ4n) is 1.47. The van der Waals surface area contributed by atoms with Gasteiger partial charge in [-0.2, -0.15) is 0 Å². The minimum Gasteiger partial charge on any atom is -0.398 e. The van der Waals surface area contributed by atoms with Crippen LogP contribution in [0.4, 0.5) is 0 Å². The second-order valence-corrected chi connectivity index (χ2v) is 8.33. The average Bonchev–Trinajstić information content (AvgIpc) is 2.39. The van der Waals surface area contributed by atoms with E-state index in [1.165, 1.54) is 38.8 Å². The van der Waals surface area contributed by atoms with Crippen LogP contribution < -0.4 is 5.32 Å². The molecule has 0 radical (unpaired) electrons. The third kappa shape index (κ3) is 14.2. The van der Waals surface area contributed by atoms with Crippen molar-refractivity contribution in [3.05, 3.63) is 0 Å². The van der Waals surface area contributed by atoms with E-state index in [0.29, 0.717) is 0 Å². The van der Waals surface area contributed by atoms with E-state index in [9.17, 15) is 0 Å². The Labute approximate surface area is 116 Å². The molecule has 0 saturated carbocycles. The molecule has 0 atom stereocenters. The van der Waals surface area contributed by atoms with Gasteiger partial charge in [-0.1, -0.05) is 40.0 Å². The van der Waals surface area contributed by atoms with Crippen LogP contribution in [0.2, 0.25) is 12.6 Å². The summed E-state index contributed by atoms with van der Waals surface area (Å²) < 4.78 is 10.5. The summed E-state index contributed by atoms with van der Waals surface area (Å²) in [6.07, 6.45) is 6.40. The Hall–Kier alpha value is 0.0969. The van der Waals surface area contributed by atoms with Gasteiger partial charge in [0.25, 0.3) is 0 Å². The second-order valence-electron chi connectivity index (χ2n) is 4.75. The van der Waals surface area contributed by atoms with Crippen LogP contribution in [0.5, 0.6) is 0 Å². The van der Waals surface area contributed by atoms with E-state index in [1.807, 2.05) is 0 Å². The molecule has 0 heterocycles. The van der Waals surface area contributed by atoms with Crippen molar-refractivity contribution >= 4 is 8.56 Å². The first-order valence-corrected chi connectivity index (χ1v) is 9.93. The zero-order valence-corrected chi connectivity index (χ0v) is 14.5. The minimum absolute atomic E-state index is 1.08. The summed E-state index contributed by atoms with van der Waals surface area (Å²) in [7, 11) is 1.76. The molecule has 0 aliphatic heterocycles. The van der Waals surface area contributed by atoms with Crippen LogP contribution in [0.3, 0.4) is 0 Å². The SMILES string of the molecule is CCCCNCCCC.CCC[Si](C)(OC)OC. The molecule has 0 bridgehead atoms. The molecule has 112 valence electrons. The van der Waals surface area contributed by atoms with Crippen LogP contribution in [0.15, 0.2) is 0 Å². The minimum atomic E-state index is -1.70. The predicted octanol–water partition coefficient (Wildman–Crippen LogP) is 3.94. The van der Waals surface area contributed by atoms with Gasteiger partial charge in [-0.15, -0.1) is 0 Å². The standard InChI is InChI=1S/C8H19N.C6H16O2Si/c1-3-5-7-9-8-6-4-2;1-5-6-9(4,7-2)8-3/h9H,3-8H2,1-2H3;5-6H2,1-4H3. The van der Waals surface area contributed by atoms with E-state index in [2.05, 4.69) is 32.6 Å². The van der Waals surface area contributed by atoms with E-state index in [1.54, 1.807) is 14.2 Å². The Morgan fingerprint density at radius 3 is 1.50 bits per heavy atom. The maximum Gasteiger partial charge on any atom is 0.334 e. The Kier molecular flexibility index (Phi) is 17.2. The Bertz CT molecular complexity index is 147. The second kappa shape index (κ2) is 15.2. The Morgan fingerprint density at radius 1 is 0.833 bits per heavy atom. The molecule has 0 aromatic heterocycles. The largest absolute Gasteiger partial charge is 0.398 e. The van der Waals surface area contributed by atoms with Crippen LogP contribution >= 0.6 is 0 Å². The first-order chi connectivity index (χ1) is 8.60. The maximum absolute atomic E-state index is 5.24. The van der Waals surface area contributed by atoms with E-state index < -0.39 is 8.56 Å². The van der Waals surface area contributed by atoms with E-state index in [-0.39, 0.29) is 0 Å². The molecule has 3 nitrogen and oxygen atoms in total. The highest BCUT2D eigenvalue weighted by atomic mass is 28.4. The van der Waals surface area contributed by atoms with Gasteiger partial charge in [0.2, 0.25) is 0 Å². The summed E-state index contributed by atoms with van der Waals surface area (Å²) in [4.78, 5) is 0. The molecular weight excluding hydrogens is 242 g/mol. The highest BCUT2D eigenvalue weighted by Crippen LogP contribution is 2.12. The van der Waals surface area contributed by atoms with Crippen LogP contribution in [-0.2, 0) is 8.85 Å². The van der Waals surface area contributed by atoms with E-state index in [0.717, 1.165) is 12.5 Å². The lowest BCUT2D eigenvalue weighted by Gasteiger charge is -2.21. The van der Waals surface area contributed by atoms with Gasteiger partial charge in [-0.05, 0) is 38.5 Å². The van der Waals surface area contributed by atoms with Crippen molar-refractivity contribution in [1.29, 1.82) is 0 Å². The van der Waals surface area contributed by atoms with Crippen molar-refractivity contribution < 1.29 is 8.85 Å². The van der Waals surface area contributed by atoms with Crippen molar-refractivity contribution in [2.24, 2.45) is 0 Å². The van der Waals surface area contributed by atoms with Gasteiger partial charge in [0.15, 0.2) is 0 Å². The highest BCUT2D eigenvalue weighted by Gasteiger charge is 2.26. The zero-order valence-electron chi connectivity index (χ0n) is 13.5. The van der Waals surface area contributed by atoms with Crippen molar-refractivity contribution in [2.75, 3.05) is 27.3 Å². The average molecular weight is 278 g/mol. The molecule has 0 spiro atoms. The summed E-state index contributed by atoms with van der Waals surface area (Å²) >= 11 is 0. The third-order valence-electron chi connectivity index (χ3n) is 2.98. The molecule has 0 aromatic carbocycles. The maximum atomic E-state index is 5.24. The summed E-state index contributed by atoms with van der Waals surface area (Å²) in [6, 6.07) is 1.08. The molecule has 0 aliphatic carbocycles. The van der Waals surface area contributed by atoms with Gasteiger partial charge >= 0.3 is 8.56 Å². The highest BCUT2D eigenvalue weighted by molar-refractivity contribution is 6.65. The summed E-state index contributed by atoms with van der Waals surface area (Å²) in [5.41, 5.74) is 0. The lowest BCUT2D eigenvalue weighted by Crippen LogP contribution is -2.35. The van der Waals surface area contributed by atoms with Crippen molar-refractivity contribution in [3.63, 3.8) is 0 Å². The number of hydrogen-bond donors (Lipinski definition) is 1. The Morgan fingerprint density at radius 2 is 1.28 bits per heavy atom. The van der Waals surface area contributed by atoms with Crippen molar-refractivity contribution in [1.82, 2.24) is 5.32 Å². The topological polar surface area (TPSA) is 30.5 Å². The molecule has 18 heavy (non-hydrogen) atoms. The molecule has 4 heteroatoms. The number of nitrogens with one attached hydrogen (secondary N) is 1. The molecule has 1 N–H and O–H groups in total. The van der Waals surface area contributed by atoms with Gasteiger partial charge in [-0.25, -0.2) is 0 Å². The van der Waals surface area contributed by atoms with Gasteiger partial charge in [-0.3, -0.25) is 0 Å². The molecule has 0 aromatic rings. The Balaban J connectivity index is 0. The quantitative estimate of drug-likeness (QED) is 0.485. The lowest BCUT2D eigenvalue weighted by molar-refractivity contribution is 0.249. The normalized spacial score (nSPS) is 11.0. The summed E-state index contributed by atoms with van der Waals surface area (Å²) in [6.45, 7) is 11.1. The lowest BCUT2D eigenvalue weighted by atomic mass is 10.3. The molecule has 0 amide bonds. The monoisotopic (exact) mass is 277 g/mol. The molecular formula is C14H35NO2Si.